The second-order valence-electron chi connectivity index (χ2n) is 9.55. The zero-order valence-electron chi connectivity index (χ0n) is 21.7. The Balaban J connectivity index is 1.74. The summed E-state index contributed by atoms with van der Waals surface area (Å²) in [5.41, 5.74) is 6.25. The SMILES string of the molecule is CC(C)CN(C[C@@H](O)[C@H](Cc1ccc(OCCCCN)cc1)NC(=O)O)S(=O)(=O)c1ccc2c(c1)OCO2. The number of aliphatic hydroxyl groups excluding tert-OH is 1. The minimum atomic E-state index is -4.03. The smallest absolute Gasteiger partial charge is 0.404 e. The minimum Gasteiger partial charge on any atom is -0.494 e. The zero-order chi connectivity index (χ0) is 27.7. The molecule has 2 atom stereocenters. The van der Waals surface area contributed by atoms with Crippen molar-refractivity contribution in [3.8, 4) is 17.2 Å². The van der Waals surface area contributed by atoms with Gasteiger partial charge in [-0.1, -0.05) is 26.0 Å². The third-order valence-corrected chi connectivity index (χ3v) is 7.79. The van der Waals surface area contributed by atoms with E-state index in [0.29, 0.717) is 30.4 Å². The van der Waals surface area contributed by atoms with Crippen molar-refractivity contribution in [3.05, 3.63) is 48.0 Å². The summed E-state index contributed by atoms with van der Waals surface area (Å²) in [4.78, 5) is 11.5. The molecule has 0 bridgehead atoms. The van der Waals surface area contributed by atoms with Crippen LogP contribution in [0.4, 0.5) is 4.79 Å². The Morgan fingerprint density at radius 3 is 2.47 bits per heavy atom. The van der Waals surface area contributed by atoms with Crippen molar-refractivity contribution in [1.29, 1.82) is 0 Å². The van der Waals surface area contributed by atoms with E-state index < -0.39 is 28.3 Å². The van der Waals surface area contributed by atoms with Crippen molar-refractivity contribution in [2.45, 2.75) is 50.2 Å². The predicted molar refractivity (Wildman–Crippen MR) is 141 cm³/mol. The zero-order valence-corrected chi connectivity index (χ0v) is 22.5. The lowest BCUT2D eigenvalue weighted by Gasteiger charge is -2.30. The molecular weight excluding hydrogens is 514 g/mol. The van der Waals surface area contributed by atoms with E-state index in [4.69, 9.17) is 19.9 Å². The quantitative estimate of drug-likeness (QED) is 0.244. The lowest BCUT2D eigenvalue weighted by Crippen LogP contribution is -2.50. The number of nitrogens with one attached hydrogen (secondary N) is 1. The van der Waals surface area contributed by atoms with E-state index in [-0.39, 0.29) is 37.1 Å². The molecule has 1 aliphatic rings. The number of nitrogens with zero attached hydrogens (tertiary/aromatic N) is 1. The number of hydrogen-bond donors (Lipinski definition) is 4. The van der Waals surface area contributed by atoms with Gasteiger partial charge in [-0.2, -0.15) is 4.31 Å². The fourth-order valence-electron chi connectivity index (χ4n) is 4.05. The molecule has 0 saturated heterocycles. The number of benzene rings is 2. The first-order valence-electron chi connectivity index (χ1n) is 12.6. The largest absolute Gasteiger partial charge is 0.494 e. The number of fused-ring (bicyclic) bond motifs is 1. The molecule has 2 aromatic rings. The van der Waals surface area contributed by atoms with Crippen LogP contribution in [-0.2, 0) is 16.4 Å². The molecule has 210 valence electrons. The Kier molecular flexibility index (Phi) is 10.6. The summed E-state index contributed by atoms with van der Waals surface area (Å²) in [6.45, 7) is 4.71. The molecule has 0 fully saturated rings. The van der Waals surface area contributed by atoms with E-state index in [1.165, 1.54) is 22.5 Å². The van der Waals surface area contributed by atoms with Crippen molar-refractivity contribution in [1.82, 2.24) is 9.62 Å². The van der Waals surface area contributed by atoms with Gasteiger partial charge in [0.05, 0.1) is 23.6 Å². The third kappa shape index (κ3) is 8.22. The van der Waals surface area contributed by atoms with Gasteiger partial charge >= 0.3 is 6.09 Å². The van der Waals surface area contributed by atoms with E-state index in [9.17, 15) is 23.4 Å². The molecule has 3 rings (SSSR count). The monoisotopic (exact) mass is 551 g/mol. The predicted octanol–water partition coefficient (Wildman–Crippen LogP) is 2.42. The van der Waals surface area contributed by atoms with Gasteiger partial charge in [-0.15, -0.1) is 0 Å². The van der Waals surface area contributed by atoms with Gasteiger partial charge in [0.25, 0.3) is 0 Å². The molecule has 0 radical (unpaired) electrons. The van der Waals surface area contributed by atoms with Crippen LogP contribution in [0.15, 0.2) is 47.4 Å². The average molecular weight is 552 g/mol. The fraction of sp³-hybridized carbons (Fsp3) is 0.500. The summed E-state index contributed by atoms with van der Waals surface area (Å²) in [6.07, 6.45) is -0.766. The van der Waals surface area contributed by atoms with Gasteiger partial charge < -0.3 is 35.5 Å². The first kappa shape index (κ1) is 29.5. The van der Waals surface area contributed by atoms with Crippen LogP contribution in [0.25, 0.3) is 0 Å². The van der Waals surface area contributed by atoms with Gasteiger partial charge in [-0.05, 0) is 61.6 Å². The number of rotatable bonds is 15. The van der Waals surface area contributed by atoms with Crippen molar-refractivity contribution in [2.75, 3.05) is 33.0 Å². The molecule has 0 saturated carbocycles. The van der Waals surface area contributed by atoms with Crippen LogP contribution in [0.1, 0.15) is 32.3 Å². The number of carboxylic acid groups (broad SMARTS) is 1. The van der Waals surface area contributed by atoms with Gasteiger partial charge in [-0.3, -0.25) is 0 Å². The summed E-state index contributed by atoms with van der Waals surface area (Å²) in [5, 5.41) is 22.8. The number of unbranched alkanes of at least 4 members (excludes halogenated alkanes) is 1. The number of ether oxygens (including phenoxy) is 3. The lowest BCUT2D eigenvalue weighted by atomic mass is 10.0. The fourth-order valence-corrected chi connectivity index (χ4v) is 5.69. The minimum absolute atomic E-state index is 0.000560. The number of carbonyl (C=O) groups is 1. The van der Waals surface area contributed by atoms with Gasteiger partial charge in [0, 0.05) is 19.2 Å². The molecule has 1 amide bonds. The number of amides is 1. The number of sulfonamides is 1. The summed E-state index contributed by atoms with van der Waals surface area (Å²) in [6, 6.07) is 10.5. The molecule has 1 heterocycles. The highest BCUT2D eigenvalue weighted by atomic mass is 32.2. The van der Waals surface area contributed by atoms with Crippen LogP contribution in [0.2, 0.25) is 0 Å². The Morgan fingerprint density at radius 1 is 1.11 bits per heavy atom. The van der Waals surface area contributed by atoms with E-state index in [1.54, 1.807) is 24.3 Å². The second-order valence-corrected chi connectivity index (χ2v) is 11.5. The first-order valence-corrected chi connectivity index (χ1v) is 14.0. The molecule has 12 heteroatoms. The van der Waals surface area contributed by atoms with Crippen LogP contribution in [0.5, 0.6) is 17.2 Å². The Morgan fingerprint density at radius 2 is 1.82 bits per heavy atom. The van der Waals surface area contributed by atoms with Crippen LogP contribution in [-0.4, -0.2) is 74.2 Å². The highest BCUT2D eigenvalue weighted by molar-refractivity contribution is 7.89. The van der Waals surface area contributed by atoms with Gasteiger partial charge in [0.2, 0.25) is 16.8 Å². The molecule has 0 aliphatic carbocycles. The Labute approximate surface area is 223 Å². The van der Waals surface area contributed by atoms with Crippen molar-refractivity contribution >= 4 is 16.1 Å². The highest BCUT2D eigenvalue weighted by Gasteiger charge is 2.32. The molecule has 5 N–H and O–H groups in total. The maximum Gasteiger partial charge on any atom is 0.404 e. The lowest BCUT2D eigenvalue weighted by molar-refractivity contribution is 0.0980. The molecule has 38 heavy (non-hydrogen) atoms. The van der Waals surface area contributed by atoms with E-state index in [1.807, 2.05) is 13.8 Å². The van der Waals surface area contributed by atoms with Crippen LogP contribution in [0, 0.1) is 5.92 Å². The highest BCUT2D eigenvalue weighted by Crippen LogP contribution is 2.35. The maximum atomic E-state index is 13.5. The molecular formula is C26H37N3O8S. The Hall–Kier alpha value is -3.06. The van der Waals surface area contributed by atoms with Gasteiger partial charge in [0.1, 0.15) is 5.75 Å². The first-order chi connectivity index (χ1) is 18.1. The molecule has 0 spiro atoms. The standard InChI is InChI=1S/C26H37N3O8S/c1-18(2)15-29(38(33,34)21-9-10-24-25(14-21)37-17-36-24)16-23(30)22(28-26(31)32)13-19-5-7-20(8-6-19)35-12-4-3-11-27/h5-10,14,18,22-23,28,30H,3-4,11-13,15-17,27H2,1-2H3,(H,31,32)/t22-,23+/m0/s1. The van der Waals surface area contributed by atoms with Crippen molar-refractivity contribution in [3.63, 3.8) is 0 Å². The number of hydrogen-bond acceptors (Lipinski definition) is 8. The normalized spacial score (nSPS) is 14.5. The summed E-state index contributed by atoms with van der Waals surface area (Å²) < 4.78 is 44.5. The van der Waals surface area contributed by atoms with E-state index in [2.05, 4.69) is 5.32 Å². The second kappa shape index (κ2) is 13.7. The summed E-state index contributed by atoms with van der Waals surface area (Å²) >= 11 is 0. The summed E-state index contributed by atoms with van der Waals surface area (Å²) in [5.74, 6) is 1.41. The molecule has 0 unspecified atom stereocenters. The average Bonchev–Trinajstić information content (AvgIpc) is 3.34. The van der Waals surface area contributed by atoms with Gasteiger partial charge in [-0.25, -0.2) is 13.2 Å². The van der Waals surface area contributed by atoms with Crippen molar-refractivity contribution < 1.29 is 37.6 Å². The third-order valence-electron chi connectivity index (χ3n) is 5.96. The van der Waals surface area contributed by atoms with E-state index in [0.717, 1.165) is 18.4 Å². The summed E-state index contributed by atoms with van der Waals surface area (Å²) in [7, 11) is -4.03. The van der Waals surface area contributed by atoms with Crippen LogP contribution in [0.3, 0.4) is 0 Å². The molecule has 1 aliphatic heterocycles. The number of nitrogens with two attached hydrogens (primary N) is 1. The Bertz CT molecular complexity index is 1160. The van der Waals surface area contributed by atoms with Crippen LogP contribution < -0.4 is 25.3 Å². The molecule has 2 aromatic carbocycles. The van der Waals surface area contributed by atoms with Gasteiger partial charge in [0.15, 0.2) is 11.5 Å². The van der Waals surface area contributed by atoms with E-state index >= 15 is 0 Å². The van der Waals surface area contributed by atoms with Crippen molar-refractivity contribution in [2.24, 2.45) is 11.7 Å². The molecule has 11 nitrogen and oxygen atoms in total. The number of aliphatic hydroxyl groups is 1. The topological polar surface area (TPSA) is 161 Å². The van der Waals surface area contributed by atoms with Crippen LogP contribution >= 0.6 is 0 Å². The molecule has 0 aromatic heterocycles. The maximum absolute atomic E-state index is 13.5.